The third kappa shape index (κ3) is 3.49. The first-order chi connectivity index (χ1) is 8.97. The van der Waals surface area contributed by atoms with Gasteiger partial charge in [0.05, 0.1) is 6.07 Å². The van der Waals surface area contributed by atoms with Crippen LogP contribution < -0.4 is 5.32 Å². The van der Waals surface area contributed by atoms with Crippen molar-refractivity contribution in [3.05, 3.63) is 0 Å². The number of nitrogens with one attached hydrogen (secondary N) is 1. The molecule has 0 spiro atoms. The number of rotatable bonds is 5. The molecule has 3 unspecified atom stereocenters. The Morgan fingerprint density at radius 3 is 2.47 bits per heavy atom. The Hall–Kier alpha value is -0.590. The number of hydrogen-bond donors (Lipinski definition) is 1. The average Bonchev–Trinajstić information content (AvgIpc) is 3.16. The van der Waals surface area contributed by atoms with Gasteiger partial charge in [0.2, 0.25) is 0 Å². The van der Waals surface area contributed by atoms with Gasteiger partial charge >= 0.3 is 0 Å². The highest BCUT2D eigenvalue weighted by Gasteiger charge is 2.47. The molecule has 1 aliphatic carbocycles. The second-order valence-corrected chi connectivity index (χ2v) is 7.12. The summed E-state index contributed by atoms with van der Waals surface area (Å²) in [5.74, 6) is 1.33. The van der Waals surface area contributed by atoms with Crippen molar-refractivity contribution in [2.24, 2.45) is 11.8 Å². The van der Waals surface area contributed by atoms with Crippen LogP contribution in [0, 0.1) is 23.2 Å². The Morgan fingerprint density at radius 1 is 1.26 bits per heavy atom. The van der Waals surface area contributed by atoms with Gasteiger partial charge in [-0.25, -0.2) is 0 Å². The molecule has 1 aliphatic heterocycles. The van der Waals surface area contributed by atoms with E-state index in [1.165, 1.54) is 25.7 Å². The first-order valence-corrected chi connectivity index (χ1v) is 7.90. The van der Waals surface area contributed by atoms with Crippen LogP contribution in [-0.2, 0) is 0 Å². The zero-order valence-electron chi connectivity index (χ0n) is 12.9. The molecule has 3 atom stereocenters. The van der Waals surface area contributed by atoms with Crippen molar-refractivity contribution in [1.82, 2.24) is 10.2 Å². The summed E-state index contributed by atoms with van der Waals surface area (Å²) >= 11 is 0. The van der Waals surface area contributed by atoms with Gasteiger partial charge in [-0.2, -0.15) is 5.26 Å². The maximum Gasteiger partial charge on any atom is 0.122 e. The van der Waals surface area contributed by atoms with E-state index in [0.717, 1.165) is 19.0 Å². The van der Waals surface area contributed by atoms with Crippen molar-refractivity contribution in [3.63, 3.8) is 0 Å². The van der Waals surface area contributed by atoms with Crippen molar-refractivity contribution in [2.75, 3.05) is 13.1 Å². The normalized spacial score (nSPS) is 32.0. The summed E-state index contributed by atoms with van der Waals surface area (Å²) in [5, 5.41) is 13.4. The first kappa shape index (κ1) is 14.8. The lowest BCUT2D eigenvalue weighted by atomic mass is 9.89. The summed E-state index contributed by atoms with van der Waals surface area (Å²) in [6.45, 7) is 11.0. The van der Waals surface area contributed by atoms with E-state index in [0.29, 0.717) is 18.0 Å². The zero-order valence-corrected chi connectivity index (χ0v) is 12.9. The fourth-order valence-electron chi connectivity index (χ4n) is 3.46. The number of nitrogens with zero attached hydrogens (tertiary/aromatic N) is 2. The Balaban J connectivity index is 2.08. The second-order valence-electron chi connectivity index (χ2n) is 7.12. The predicted octanol–water partition coefficient (Wildman–Crippen LogP) is 2.78. The quantitative estimate of drug-likeness (QED) is 0.829. The molecule has 2 rings (SSSR count). The van der Waals surface area contributed by atoms with Crippen LogP contribution >= 0.6 is 0 Å². The molecule has 1 N–H and O–H groups in total. The molecule has 2 fully saturated rings. The molecule has 0 aromatic rings. The molecule has 0 radical (unpaired) electrons. The maximum absolute atomic E-state index is 9.78. The van der Waals surface area contributed by atoms with Crippen LogP contribution in [0.4, 0.5) is 0 Å². The molecule has 19 heavy (non-hydrogen) atoms. The Bertz CT molecular complexity index is 342. The summed E-state index contributed by atoms with van der Waals surface area (Å²) in [6, 6.07) is 3.63. The van der Waals surface area contributed by atoms with E-state index in [-0.39, 0.29) is 5.54 Å². The lowest BCUT2D eigenvalue weighted by molar-refractivity contribution is 0.0898. The lowest BCUT2D eigenvalue weighted by Gasteiger charge is -2.42. The third-order valence-corrected chi connectivity index (χ3v) is 4.72. The summed E-state index contributed by atoms with van der Waals surface area (Å²) < 4.78 is 0. The fourth-order valence-corrected chi connectivity index (χ4v) is 3.46. The van der Waals surface area contributed by atoms with Crippen molar-refractivity contribution in [2.45, 2.75) is 71.0 Å². The fraction of sp³-hybridized carbons (Fsp3) is 0.938. The molecular formula is C16H29N3. The SMILES string of the molecule is CC1CCC(C)N(CC(C#N)(NC(C)C)C2CC2)C1. The van der Waals surface area contributed by atoms with Gasteiger partial charge in [0, 0.05) is 25.2 Å². The average molecular weight is 263 g/mol. The lowest BCUT2D eigenvalue weighted by Crippen LogP contribution is -2.59. The molecule has 108 valence electrons. The predicted molar refractivity (Wildman–Crippen MR) is 78.8 cm³/mol. The van der Waals surface area contributed by atoms with Crippen LogP contribution in [0.3, 0.4) is 0 Å². The molecular weight excluding hydrogens is 234 g/mol. The van der Waals surface area contributed by atoms with Crippen LogP contribution in [0.1, 0.15) is 53.4 Å². The molecule has 3 heteroatoms. The van der Waals surface area contributed by atoms with Crippen LogP contribution in [0.15, 0.2) is 0 Å². The van der Waals surface area contributed by atoms with Crippen molar-refractivity contribution in [3.8, 4) is 6.07 Å². The summed E-state index contributed by atoms with van der Waals surface area (Å²) in [6.07, 6.45) is 5.03. The molecule has 0 bridgehead atoms. The Labute approximate surface area is 118 Å². The maximum atomic E-state index is 9.78. The second kappa shape index (κ2) is 5.81. The summed E-state index contributed by atoms with van der Waals surface area (Å²) in [5.41, 5.74) is -0.320. The smallest absolute Gasteiger partial charge is 0.122 e. The number of hydrogen-bond acceptors (Lipinski definition) is 3. The van der Waals surface area contributed by atoms with Crippen molar-refractivity contribution < 1.29 is 0 Å². The molecule has 1 heterocycles. The van der Waals surface area contributed by atoms with E-state index in [2.05, 4.69) is 44.0 Å². The highest BCUT2D eigenvalue weighted by Crippen LogP contribution is 2.41. The largest absolute Gasteiger partial charge is 0.297 e. The third-order valence-electron chi connectivity index (χ3n) is 4.72. The van der Waals surface area contributed by atoms with E-state index < -0.39 is 0 Å². The highest BCUT2D eigenvalue weighted by molar-refractivity contribution is 5.17. The monoisotopic (exact) mass is 263 g/mol. The van der Waals surface area contributed by atoms with E-state index in [1.54, 1.807) is 0 Å². The van der Waals surface area contributed by atoms with Crippen molar-refractivity contribution in [1.29, 1.82) is 5.26 Å². The molecule has 3 nitrogen and oxygen atoms in total. The standard InChI is InChI=1S/C16H29N3/c1-12(2)18-16(10-17,15-7-8-15)11-19-9-13(3)5-6-14(19)4/h12-15,18H,5-9,11H2,1-4H3. The Morgan fingerprint density at radius 2 is 1.95 bits per heavy atom. The van der Waals surface area contributed by atoms with Gasteiger partial charge in [0.25, 0.3) is 0 Å². The van der Waals surface area contributed by atoms with Crippen LogP contribution in [0.5, 0.6) is 0 Å². The minimum atomic E-state index is -0.320. The van der Waals surface area contributed by atoms with E-state index in [9.17, 15) is 5.26 Å². The van der Waals surface area contributed by atoms with Gasteiger partial charge in [-0.15, -0.1) is 0 Å². The van der Waals surface area contributed by atoms with Crippen molar-refractivity contribution >= 4 is 0 Å². The van der Waals surface area contributed by atoms with Gasteiger partial charge in [0.1, 0.15) is 5.54 Å². The topological polar surface area (TPSA) is 39.1 Å². The van der Waals surface area contributed by atoms with E-state index >= 15 is 0 Å². The molecule has 1 saturated heterocycles. The van der Waals surface area contributed by atoms with Gasteiger partial charge in [-0.3, -0.25) is 10.2 Å². The summed E-state index contributed by atoms with van der Waals surface area (Å²) in [7, 11) is 0. The number of piperidine rings is 1. The molecule has 0 aromatic heterocycles. The number of likely N-dealkylation sites (tertiary alicyclic amines) is 1. The molecule has 0 amide bonds. The van der Waals surface area contributed by atoms with Gasteiger partial charge in [-0.1, -0.05) is 6.92 Å². The highest BCUT2D eigenvalue weighted by atomic mass is 15.2. The molecule has 1 saturated carbocycles. The van der Waals surface area contributed by atoms with Gasteiger partial charge < -0.3 is 0 Å². The van der Waals surface area contributed by atoms with Crippen LogP contribution in [0.2, 0.25) is 0 Å². The minimum absolute atomic E-state index is 0.320. The van der Waals surface area contributed by atoms with Crippen LogP contribution in [-0.4, -0.2) is 35.6 Å². The molecule has 0 aromatic carbocycles. The molecule has 2 aliphatic rings. The van der Waals surface area contributed by atoms with E-state index in [1.807, 2.05) is 0 Å². The van der Waals surface area contributed by atoms with E-state index in [4.69, 9.17) is 0 Å². The zero-order chi connectivity index (χ0) is 14.0. The van der Waals surface area contributed by atoms with Gasteiger partial charge in [-0.05, 0) is 58.3 Å². The minimum Gasteiger partial charge on any atom is -0.297 e. The van der Waals surface area contributed by atoms with Crippen LogP contribution in [0.25, 0.3) is 0 Å². The van der Waals surface area contributed by atoms with Gasteiger partial charge in [0.15, 0.2) is 0 Å². The number of nitriles is 1. The summed E-state index contributed by atoms with van der Waals surface area (Å²) in [4.78, 5) is 2.55. The first-order valence-electron chi connectivity index (χ1n) is 7.90. The Kier molecular flexibility index (Phi) is 4.53.